The first-order chi connectivity index (χ1) is 12.3. The molecule has 0 fully saturated rings. The van der Waals surface area contributed by atoms with E-state index in [1.54, 1.807) is 17.0 Å². The van der Waals surface area contributed by atoms with E-state index in [0.717, 1.165) is 32.4 Å². The van der Waals surface area contributed by atoms with E-state index in [1.807, 2.05) is 59.3 Å². The summed E-state index contributed by atoms with van der Waals surface area (Å²) in [7, 11) is 0. The third kappa shape index (κ3) is 2.24. The van der Waals surface area contributed by atoms with Crippen molar-refractivity contribution in [3.8, 4) is 17.1 Å². The number of hydrogen-bond donors (Lipinski definition) is 0. The average molecular weight is 391 g/mol. The van der Waals surface area contributed by atoms with Crippen LogP contribution in [0, 0.1) is 0 Å². The highest BCUT2D eigenvalue weighted by molar-refractivity contribution is 9.10. The van der Waals surface area contributed by atoms with Gasteiger partial charge in [-0.05, 0) is 24.3 Å². The van der Waals surface area contributed by atoms with E-state index in [1.165, 1.54) is 0 Å². The Labute approximate surface area is 150 Å². The van der Waals surface area contributed by atoms with Crippen LogP contribution in [0.3, 0.4) is 0 Å². The second-order valence-corrected chi connectivity index (χ2v) is 6.41. The van der Waals surface area contributed by atoms with Crippen molar-refractivity contribution >= 4 is 32.6 Å². The summed E-state index contributed by atoms with van der Waals surface area (Å²) in [4.78, 5) is 9.23. The van der Waals surface area contributed by atoms with E-state index in [2.05, 4.69) is 31.1 Å². The van der Waals surface area contributed by atoms with E-state index in [-0.39, 0.29) is 0 Å². The van der Waals surface area contributed by atoms with Crippen molar-refractivity contribution < 1.29 is 0 Å². The normalized spacial score (nSPS) is 11.4. The van der Waals surface area contributed by atoms with Gasteiger partial charge in [-0.2, -0.15) is 5.10 Å². The third-order valence-corrected chi connectivity index (χ3v) is 4.71. The number of fused-ring (bicyclic) bond motifs is 3. The number of rotatable bonds is 2. The smallest absolute Gasteiger partial charge is 0.183 e. The molecule has 0 unspecified atom stereocenters. The quantitative estimate of drug-likeness (QED) is 0.458. The minimum absolute atomic E-state index is 0.647. The summed E-state index contributed by atoms with van der Waals surface area (Å²) in [5.41, 5.74) is 3.39. The molecule has 5 aromatic rings. The largest absolute Gasteiger partial charge is 0.216 e. The van der Waals surface area contributed by atoms with Crippen molar-refractivity contribution in [1.29, 1.82) is 0 Å². The number of benzene rings is 2. The number of aromatic nitrogens is 6. The van der Waals surface area contributed by atoms with Gasteiger partial charge in [0.2, 0.25) is 0 Å². The fourth-order valence-corrected chi connectivity index (χ4v) is 3.30. The summed E-state index contributed by atoms with van der Waals surface area (Å²) in [5.74, 6) is 0.647. The number of nitrogens with zero attached hydrogens (tertiary/aromatic N) is 6. The molecular weight excluding hydrogens is 380 g/mol. The highest BCUT2D eigenvalue weighted by Crippen LogP contribution is 2.27. The maximum Gasteiger partial charge on any atom is 0.183 e. The van der Waals surface area contributed by atoms with E-state index >= 15 is 0 Å². The molecule has 0 atom stereocenters. The van der Waals surface area contributed by atoms with Crippen molar-refractivity contribution in [2.24, 2.45) is 0 Å². The van der Waals surface area contributed by atoms with Crippen molar-refractivity contribution in [3.63, 3.8) is 0 Å². The Morgan fingerprint density at radius 1 is 0.880 bits per heavy atom. The molecule has 5 rings (SSSR count). The van der Waals surface area contributed by atoms with Crippen LogP contribution in [-0.2, 0) is 0 Å². The number of hydrogen-bond acceptors (Lipinski definition) is 4. The van der Waals surface area contributed by atoms with E-state index < -0.39 is 0 Å². The predicted molar refractivity (Wildman–Crippen MR) is 98.5 cm³/mol. The van der Waals surface area contributed by atoms with Crippen LogP contribution in [-0.4, -0.2) is 29.4 Å². The zero-order chi connectivity index (χ0) is 16.8. The Balaban J connectivity index is 1.74. The molecule has 3 heterocycles. The molecule has 0 radical (unpaired) electrons. The van der Waals surface area contributed by atoms with Crippen molar-refractivity contribution in [1.82, 2.24) is 29.4 Å². The van der Waals surface area contributed by atoms with Crippen LogP contribution in [0.5, 0.6) is 0 Å². The molecule has 0 aliphatic carbocycles. The predicted octanol–water partition coefficient (Wildman–Crippen LogP) is 3.89. The van der Waals surface area contributed by atoms with Gasteiger partial charge in [0, 0.05) is 10.0 Å². The van der Waals surface area contributed by atoms with Crippen molar-refractivity contribution in [3.05, 3.63) is 71.6 Å². The highest BCUT2D eigenvalue weighted by atomic mass is 79.9. The summed E-state index contributed by atoms with van der Waals surface area (Å²) in [5, 5.41) is 9.89. The molecule has 0 N–H and O–H groups in total. The van der Waals surface area contributed by atoms with Gasteiger partial charge in [-0.25, -0.2) is 19.2 Å². The average Bonchev–Trinajstić information content (AvgIpc) is 3.26. The lowest BCUT2D eigenvalue weighted by Gasteiger charge is -2.01. The third-order valence-electron chi connectivity index (χ3n) is 4.02. The summed E-state index contributed by atoms with van der Waals surface area (Å²) in [6, 6.07) is 17.8. The summed E-state index contributed by atoms with van der Waals surface area (Å²) in [6.07, 6.45) is 3.45. The first kappa shape index (κ1) is 14.3. The molecule has 25 heavy (non-hydrogen) atoms. The summed E-state index contributed by atoms with van der Waals surface area (Å²) in [6.45, 7) is 0. The van der Waals surface area contributed by atoms with Crippen molar-refractivity contribution in [2.45, 2.75) is 0 Å². The molecular formula is C18H11BrN6. The second kappa shape index (κ2) is 5.49. The molecule has 120 valence electrons. The van der Waals surface area contributed by atoms with Gasteiger partial charge in [0.1, 0.15) is 6.33 Å². The maximum absolute atomic E-state index is 4.71. The number of para-hydroxylation sites is 1. The Bertz CT molecular complexity index is 1210. The second-order valence-electron chi connectivity index (χ2n) is 5.56. The van der Waals surface area contributed by atoms with E-state index in [4.69, 9.17) is 4.98 Å². The molecule has 2 aromatic carbocycles. The fraction of sp³-hybridized carbons (Fsp3) is 0. The fourth-order valence-electron chi connectivity index (χ4n) is 2.84. The Hall–Kier alpha value is -3.06. The zero-order valence-electron chi connectivity index (χ0n) is 12.9. The lowest BCUT2D eigenvalue weighted by Crippen LogP contribution is -1.98. The zero-order valence-corrected chi connectivity index (χ0v) is 14.5. The molecule has 3 aromatic heterocycles. The monoisotopic (exact) mass is 390 g/mol. The standard InChI is InChI=1S/C18H11BrN6/c19-15-9-5-4-8-13(15)16-22-18-14-10-21-25(12-6-2-1-3-7-12)17(14)20-11-24(18)23-16/h1-11H. The molecule has 0 saturated heterocycles. The van der Waals surface area contributed by atoms with Gasteiger partial charge in [0.25, 0.3) is 0 Å². The Kier molecular flexibility index (Phi) is 3.14. The molecule has 0 spiro atoms. The molecule has 0 saturated carbocycles. The van der Waals surface area contributed by atoms with E-state index in [0.29, 0.717) is 5.82 Å². The van der Waals surface area contributed by atoms with Gasteiger partial charge in [0.05, 0.1) is 17.3 Å². The molecule has 0 bridgehead atoms. The van der Waals surface area contributed by atoms with Crippen LogP contribution in [0.25, 0.3) is 33.8 Å². The lowest BCUT2D eigenvalue weighted by atomic mass is 10.2. The SMILES string of the molecule is Brc1ccccc1-c1nc2c3cnn(-c4ccccc4)c3ncn2n1. The minimum atomic E-state index is 0.647. The van der Waals surface area contributed by atoms with Crippen molar-refractivity contribution in [2.75, 3.05) is 0 Å². The van der Waals surface area contributed by atoms with Crippen LogP contribution in [0.2, 0.25) is 0 Å². The van der Waals surface area contributed by atoms with E-state index in [9.17, 15) is 0 Å². The Morgan fingerprint density at radius 2 is 1.68 bits per heavy atom. The molecule has 0 aliphatic heterocycles. The van der Waals surface area contributed by atoms with Crippen LogP contribution in [0.15, 0.2) is 71.6 Å². The summed E-state index contributed by atoms with van der Waals surface area (Å²) < 4.78 is 4.45. The number of halogens is 1. The summed E-state index contributed by atoms with van der Waals surface area (Å²) >= 11 is 3.55. The maximum atomic E-state index is 4.71. The molecule has 0 aliphatic rings. The topological polar surface area (TPSA) is 60.9 Å². The first-order valence-electron chi connectivity index (χ1n) is 7.71. The molecule has 7 heteroatoms. The van der Waals surface area contributed by atoms with Crippen LogP contribution in [0.4, 0.5) is 0 Å². The van der Waals surface area contributed by atoms with Crippen LogP contribution < -0.4 is 0 Å². The van der Waals surface area contributed by atoms with Gasteiger partial charge >= 0.3 is 0 Å². The van der Waals surface area contributed by atoms with Gasteiger partial charge < -0.3 is 0 Å². The highest BCUT2D eigenvalue weighted by Gasteiger charge is 2.15. The molecule has 6 nitrogen and oxygen atoms in total. The van der Waals surface area contributed by atoms with Gasteiger partial charge in [-0.15, -0.1) is 5.10 Å². The molecule has 0 amide bonds. The van der Waals surface area contributed by atoms with Crippen LogP contribution in [0.1, 0.15) is 0 Å². The van der Waals surface area contributed by atoms with Gasteiger partial charge in [0.15, 0.2) is 17.1 Å². The Morgan fingerprint density at radius 3 is 2.52 bits per heavy atom. The minimum Gasteiger partial charge on any atom is -0.216 e. The first-order valence-corrected chi connectivity index (χ1v) is 8.50. The lowest BCUT2D eigenvalue weighted by molar-refractivity contribution is 0.882. The van der Waals surface area contributed by atoms with Gasteiger partial charge in [-0.1, -0.05) is 46.3 Å². The van der Waals surface area contributed by atoms with Gasteiger partial charge in [-0.3, -0.25) is 0 Å². The van der Waals surface area contributed by atoms with Crippen LogP contribution >= 0.6 is 15.9 Å².